The molecule has 0 bridgehead atoms. The van der Waals surface area contributed by atoms with E-state index in [2.05, 4.69) is 18.5 Å². The van der Waals surface area contributed by atoms with Crippen molar-refractivity contribution in [3.63, 3.8) is 0 Å². The van der Waals surface area contributed by atoms with Gasteiger partial charge in [0.25, 0.3) is 0 Å². The van der Waals surface area contributed by atoms with Crippen molar-refractivity contribution in [1.29, 1.82) is 0 Å². The highest BCUT2D eigenvalue weighted by atomic mass is 16.6. The predicted octanol–water partition coefficient (Wildman–Crippen LogP) is 1.59. The van der Waals surface area contributed by atoms with Crippen LogP contribution in [-0.2, 0) is 19.1 Å². The third-order valence-electron chi connectivity index (χ3n) is 1.90. The molecule has 108 valence electrons. The maximum Gasteiger partial charge on any atom is 0.333 e. The van der Waals surface area contributed by atoms with Gasteiger partial charge in [-0.05, 0) is 27.7 Å². The van der Waals surface area contributed by atoms with Gasteiger partial charge in [0, 0.05) is 16.7 Å². The summed E-state index contributed by atoms with van der Waals surface area (Å²) in [7, 11) is 0. The van der Waals surface area contributed by atoms with Crippen molar-refractivity contribution >= 4 is 11.9 Å². The third-order valence-corrected chi connectivity index (χ3v) is 1.90. The van der Waals surface area contributed by atoms with Crippen molar-refractivity contribution in [2.75, 3.05) is 19.8 Å². The Labute approximate surface area is 114 Å². The number of carbonyl (C=O) groups excluding carboxylic acids is 2. The Bertz CT molecular complexity index is 366. The lowest BCUT2D eigenvalue weighted by Crippen LogP contribution is -2.41. The monoisotopic (exact) mass is 269 g/mol. The number of ether oxygens (including phenoxy) is 2. The summed E-state index contributed by atoms with van der Waals surface area (Å²) in [5.41, 5.74) is 0.368. The number of carbonyl (C=O) groups is 2. The Morgan fingerprint density at radius 3 is 2.21 bits per heavy atom. The van der Waals surface area contributed by atoms with E-state index in [1.807, 2.05) is 20.8 Å². The van der Waals surface area contributed by atoms with Crippen LogP contribution in [0.3, 0.4) is 0 Å². The van der Waals surface area contributed by atoms with Gasteiger partial charge >= 0.3 is 5.97 Å². The standard InChI is InChI=1S/C14H23NO4/c1-10(2)13(17)19-8-7-18-9-11(3)12(16)15-14(4,5)6/h1,3,7-9H2,2,4-6H3,(H,15,16). The molecule has 0 rings (SSSR count). The average molecular weight is 269 g/mol. The number of rotatable bonds is 7. The van der Waals surface area contributed by atoms with Gasteiger partial charge in [0.15, 0.2) is 0 Å². The molecule has 0 unspecified atom stereocenters. The molecule has 5 nitrogen and oxygen atoms in total. The minimum Gasteiger partial charge on any atom is -0.460 e. The summed E-state index contributed by atoms with van der Waals surface area (Å²) < 4.78 is 10.0. The zero-order valence-corrected chi connectivity index (χ0v) is 12.2. The largest absolute Gasteiger partial charge is 0.460 e. The summed E-state index contributed by atoms with van der Waals surface area (Å²) in [4.78, 5) is 22.7. The van der Waals surface area contributed by atoms with E-state index < -0.39 is 5.97 Å². The summed E-state index contributed by atoms with van der Waals surface area (Å²) in [5.74, 6) is -0.695. The van der Waals surface area contributed by atoms with Crippen molar-refractivity contribution in [2.45, 2.75) is 33.2 Å². The first-order valence-corrected chi connectivity index (χ1v) is 6.04. The molecule has 0 fully saturated rings. The zero-order chi connectivity index (χ0) is 15.1. The lowest BCUT2D eigenvalue weighted by Gasteiger charge is -2.21. The molecule has 5 heteroatoms. The molecule has 0 aromatic heterocycles. The first-order valence-electron chi connectivity index (χ1n) is 6.04. The van der Waals surface area contributed by atoms with E-state index in [0.29, 0.717) is 11.1 Å². The summed E-state index contributed by atoms with van der Waals surface area (Å²) in [5, 5.41) is 2.78. The van der Waals surface area contributed by atoms with E-state index in [4.69, 9.17) is 9.47 Å². The average Bonchev–Trinajstić information content (AvgIpc) is 2.25. The van der Waals surface area contributed by atoms with Crippen molar-refractivity contribution in [3.05, 3.63) is 24.3 Å². The van der Waals surface area contributed by atoms with Gasteiger partial charge < -0.3 is 14.8 Å². The lowest BCUT2D eigenvalue weighted by atomic mass is 10.1. The lowest BCUT2D eigenvalue weighted by molar-refractivity contribution is -0.140. The first kappa shape index (κ1) is 17.4. The summed E-state index contributed by atoms with van der Waals surface area (Å²) >= 11 is 0. The van der Waals surface area contributed by atoms with Crippen LogP contribution in [0.5, 0.6) is 0 Å². The quantitative estimate of drug-likeness (QED) is 0.433. The molecule has 0 heterocycles. The summed E-state index contributed by atoms with van der Waals surface area (Å²) in [6.45, 7) is 14.8. The topological polar surface area (TPSA) is 64.6 Å². The first-order chi connectivity index (χ1) is 8.63. The highest BCUT2D eigenvalue weighted by molar-refractivity contribution is 5.93. The van der Waals surface area contributed by atoms with Gasteiger partial charge in [-0.3, -0.25) is 4.79 Å². The van der Waals surface area contributed by atoms with Crippen molar-refractivity contribution in [3.8, 4) is 0 Å². The Kier molecular flexibility index (Phi) is 7.08. The van der Waals surface area contributed by atoms with Gasteiger partial charge in [0.1, 0.15) is 6.61 Å². The van der Waals surface area contributed by atoms with Crippen molar-refractivity contribution in [1.82, 2.24) is 5.32 Å². The van der Waals surface area contributed by atoms with E-state index in [1.54, 1.807) is 6.92 Å². The van der Waals surface area contributed by atoms with E-state index in [9.17, 15) is 9.59 Å². The number of hydrogen-bond donors (Lipinski definition) is 1. The van der Waals surface area contributed by atoms with Crippen LogP contribution < -0.4 is 5.32 Å². The van der Waals surface area contributed by atoms with Crippen molar-refractivity contribution < 1.29 is 19.1 Å². The molecule has 0 aromatic carbocycles. The van der Waals surface area contributed by atoms with E-state index in [0.717, 1.165) is 0 Å². The van der Waals surface area contributed by atoms with Gasteiger partial charge in [-0.1, -0.05) is 13.2 Å². The second-order valence-electron chi connectivity index (χ2n) is 5.28. The van der Waals surface area contributed by atoms with Crippen LogP contribution in [0.2, 0.25) is 0 Å². The molecule has 0 aliphatic rings. The van der Waals surface area contributed by atoms with Crippen LogP contribution in [0.1, 0.15) is 27.7 Å². The fourth-order valence-electron chi connectivity index (χ4n) is 1.01. The normalized spacial score (nSPS) is 10.7. The fourth-order valence-corrected chi connectivity index (χ4v) is 1.01. The molecule has 0 saturated carbocycles. The molecule has 0 radical (unpaired) electrons. The van der Waals surface area contributed by atoms with E-state index in [1.165, 1.54) is 0 Å². The van der Waals surface area contributed by atoms with Crippen LogP contribution >= 0.6 is 0 Å². The Hall–Kier alpha value is -1.62. The van der Waals surface area contributed by atoms with Crippen LogP contribution in [0, 0.1) is 0 Å². The van der Waals surface area contributed by atoms with Gasteiger partial charge in [-0.2, -0.15) is 0 Å². The fraction of sp³-hybridized carbons (Fsp3) is 0.571. The third kappa shape index (κ3) is 9.02. The van der Waals surface area contributed by atoms with Gasteiger partial charge in [0.05, 0.1) is 13.2 Å². The molecule has 1 N–H and O–H groups in total. The van der Waals surface area contributed by atoms with Gasteiger partial charge in [0.2, 0.25) is 5.91 Å². The number of hydrogen-bond acceptors (Lipinski definition) is 4. The maximum atomic E-state index is 11.6. The molecular formula is C14H23NO4. The number of amides is 1. The highest BCUT2D eigenvalue weighted by Gasteiger charge is 2.15. The van der Waals surface area contributed by atoms with Crippen LogP contribution in [0.25, 0.3) is 0 Å². The predicted molar refractivity (Wildman–Crippen MR) is 73.6 cm³/mol. The molecule has 0 spiro atoms. The Morgan fingerprint density at radius 1 is 1.16 bits per heavy atom. The molecule has 0 atom stereocenters. The SMILES string of the molecule is C=C(C)C(=O)OCCOCC(=C)C(=O)NC(C)(C)C. The minimum atomic E-state index is -0.451. The molecule has 0 saturated heterocycles. The molecule has 1 amide bonds. The second kappa shape index (κ2) is 7.74. The van der Waals surface area contributed by atoms with Gasteiger partial charge in [-0.25, -0.2) is 4.79 Å². The summed E-state index contributed by atoms with van der Waals surface area (Å²) in [6.07, 6.45) is 0. The van der Waals surface area contributed by atoms with Crippen LogP contribution in [0.15, 0.2) is 24.3 Å². The zero-order valence-electron chi connectivity index (χ0n) is 12.2. The molecule has 19 heavy (non-hydrogen) atoms. The number of nitrogens with one attached hydrogen (secondary N) is 1. The maximum absolute atomic E-state index is 11.6. The molecular weight excluding hydrogens is 246 g/mol. The van der Waals surface area contributed by atoms with E-state index in [-0.39, 0.29) is 31.3 Å². The Balaban J connectivity index is 3.78. The van der Waals surface area contributed by atoms with Crippen LogP contribution in [-0.4, -0.2) is 37.2 Å². The molecule has 0 aliphatic carbocycles. The second-order valence-corrected chi connectivity index (χ2v) is 5.28. The summed E-state index contributed by atoms with van der Waals surface area (Å²) in [6, 6.07) is 0. The van der Waals surface area contributed by atoms with E-state index >= 15 is 0 Å². The minimum absolute atomic E-state index is 0.104. The Morgan fingerprint density at radius 2 is 1.74 bits per heavy atom. The van der Waals surface area contributed by atoms with Gasteiger partial charge in [-0.15, -0.1) is 0 Å². The van der Waals surface area contributed by atoms with Crippen molar-refractivity contribution in [2.24, 2.45) is 0 Å². The number of esters is 1. The molecule has 0 aromatic rings. The van der Waals surface area contributed by atoms with Crippen LogP contribution in [0.4, 0.5) is 0 Å². The highest BCUT2D eigenvalue weighted by Crippen LogP contribution is 2.02. The smallest absolute Gasteiger partial charge is 0.333 e. The molecule has 0 aliphatic heterocycles.